The predicted molar refractivity (Wildman–Crippen MR) is 81.0 cm³/mol. The zero-order valence-electron chi connectivity index (χ0n) is 10.1. The molecular formula is C13H5BrClF3N2S. The first kappa shape index (κ1) is 14.6. The molecule has 1 aromatic heterocycles. The summed E-state index contributed by atoms with van der Waals surface area (Å²) in [4.78, 5) is 2.78. The van der Waals surface area contributed by atoms with Gasteiger partial charge in [0.15, 0.2) is 4.77 Å². The summed E-state index contributed by atoms with van der Waals surface area (Å²) >= 11 is 13.7. The summed E-state index contributed by atoms with van der Waals surface area (Å²) in [6.45, 7) is 0. The molecule has 0 bridgehead atoms. The summed E-state index contributed by atoms with van der Waals surface area (Å²) in [5.41, 5.74) is 0.574. The van der Waals surface area contributed by atoms with Gasteiger partial charge < -0.3 is 4.98 Å². The molecule has 0 fully saturated rings. The van der Waals surface area contributed by atoms with Crippen molar-refractivity contribution < 1.29 is 13.2 Å². The lowest BCUT2D eigenvalue weighted by Gasteiger charge is -2.07. The van der Waals surface area contributed by atoms with Crippen molar-refractivity contribution in [2.24, 2.45) is 0 Å². The lowest BCUT2D eigenvalue weighted by molar-refractivity contribution is 0.587. The van der Waals surface area contributed by atoms with E-state index in [0.29, 0.717) is 5.52 Å². The van der Waals surface area contributed by atoms with Gasteiger partial charge in [-0.15, -0.1) is 0 Å². The molecule has 21 heavy (non-hydrogen) atoms. The highest BCUT2D eigenvalue weighted by molar-refractivity contribution is 9.10. The zero-order valence-corrected chi connectivity index (χ0v) is 13.2. The Morgan fingerprint density at radius 3 is 2.48 bits per heavy atom. The van der Waals surface area contributed by atoms with Gasteiger partial charge in [0.2, 0.25) is 0 Å². The minimum atomic E-state index is -0.698. The second-order valence-electron chi connectivity index (χ2n) is 4.27. The van der Waals surface area contributed by atoms with E-state index in [2.05, 4.69) is 20.9 Å². The summed E-state index contributed by atoms with van der Waals surface area (Å²) in [6, 6.07) is 4.42. The van der Waals surface area contributed by atoms with E-state index in [4.69, 9.17) is 23.8 Å². The third-order valence-electron chi connectivity index (χ3n) is 2.95. The van der Waals surface area contributed by atoms with Crippen LogP contribution in [-0.4, -0.2) is 9.55 Å². The minimum absolute atomic E-state index is 0.00988. The largest absolute Gasteiger partial charge is 0.330 e. The van der Waals surface area contributed by atoms with Crippen LogP contribution in [0, 0.1) is 22.2 Å². The van der Waals surface area contributed by atoms with E-state index in [-0.39, 0.29) is 25.5 Å². The topological polar surface area (TPSA) is 20.7 Å². The molecule has 0 saturated heterocycles. The van der Waals surface area contributed by atoms with Crippen LogP contribution in [0.3, 0.4) is 0 Å². The lowest BCUT2D eigenvalue weighted by Crippen LogP contribution is -1.99. The van der Waals surface area contributed by atoms with Crippen molar-refractivity contribution in [1.29, 1.82) is 0 Å². The molecule has 2 nitrogen and oxygen atoms in total. The Bertz CT molecular complexity index is 935. The fourth-order valence-corrected chi connectivity index (χ4v) is 2.81. The molecule has 8 heteroatoms. The average molecular weight is 394 g/mol. The highest BCUT2D eigenvalue weighted by Gasteiger charge is 2.15. The van der Waals surface area contributed by atoms with E-state index < -0.39 is 17.5 Å². The molecular weight excluding hydrogens is 389 g/mol. The smallest absolute Gasteiger partial charge is 0.182 e. The fraction of sp³-hybridized carbons (Fsp3) is 0. The Balaban J connectivity index is 2.40. The zero-order chi connectivity index (χ0) is 15.3. The Hall–Kier alpha value is -1.31. The Labute approximate surface area is 135 Å². The van der Waals surface area contributed by atoms with Gasteiger partial charge in [0, 0.05) is 12.1 Å². The number of hydrogen-bond donors (Lipinski definition) is 1. The molecule has 3 rings (SSSR count). The molecule has 0 atom stereocenters. The van der Waals surface area contributed by atoms with E-state index in [0.717, 1.165) is 18.2 Å². The summed E-state index contributed by atoms with van der Waals surface area (Å²) in [5.74, 6) is -2.03. The number of H-pyrrole nitrogens is 1. The van der Waals surface area contributed by atoms with Crippen molar-refractivity contribution in [1.82, 2.24) is 9.55 Å². The highest BCUT2D eigenvalue weighted by atomic mass is 79.9. The molecule has 0 saturated carbocycles. The first-order chi connectivity index (χ1) is 9.88. The molecule has 0 aliphatic rings. The van der Waals surface area contributed by atoms with Gasteiger partial charge >= 0.3 is 0 Å². The lowest BCUT2D eigenvalue weighted by atomic mass is 10.2. The van der Waals surface area contributed by atoms with Crippen LogP contribution in [0.4, 0.5) is 13.2 Å². The van der Waals surface area contributed by atoms with Crippen molar-refractivity contribution >= 4 is 50.8 Å². The standard InChI is InChI=1S/C13H5BrClF3N2S/c14-5-1-9(18)11(3-7(5)16)20-12-4-8(17)6(15)2-10(12)19-13(20)21/h1-4H,(H,19,21). The number of aromatic nitrogens is 2. The van der Waals surface area contributed by atoms with Crippen molar-refractivity contribution in [3.8, 4) is 5.69 Å². The van der Waals surface area contributed by atoms with Crippen molar-refractivity contribution in [3.63, 3.8) is 0 Å². The monoisotopic (exact) mass is 392 g/mol. The number of fused-ring (bicyclic) bond motifs is 1. The summed E-state index contributed by atoms with van der Waals surface area (Å²) in [6.07, 6.45) is 0. The van der Waals surface area contributed by atoms with Crippen LogP contribution < -0.4 is 0 Å². The van der Waals surface area contributed by atoms with Crippen molar-refractivity contribution in [2.45, 2.75) is 0 Å². The number of rotatable bonds is 1. The third-order valence-corrected chi connectivity index (χ3v) is 4.14. The van der Waals surface area contributed by atoms with Crippen LogP contribution in [0.1, 0.15) is 0 Å². The Morgan fingerprint density at radius 2 is 1.76 bits per heavy atom. The van der Waals surface area contributed by atoms with Gasteiger partial charge in [0.25, 0.3) is 0 Å². The number of imidazole rings is 1. The number of nitrogens with zero attached hydrogens (tertiary/aromatic N) is 1. The van der Waals surface area contributed by atoms with Crippen LogP contribution in [0.25, 0.3) is 16.7 Å². The van der Waals surface area contributed by atoms with Gasteiger partial charge in [0.05, 0.1) is 26.2 Å². The molecule has 0 unspecified atom stereocenters. The molecule has 1 heterocycles. The van der Waals surface area contributed by atoms with E-state index >= 15 is 0 Å². The number of nitrogens with one attached hydrogen (secondary N) is 1. The molecule has 0 radical (unpaired) electrons. The maximum Gasteiger partial charge on any atom is 0.182 e. The van der Waals surface area contributed by atoms with Gasteiger partial charge in [0.1, 0.15) is 17.5 Å². The summed E-state index contributed by atoms with van der Waals surface area (Å²) in [5, 5.41) is -0.0895. The second-order valence-corrected chi connectivity index (χ2v) is 5.91. The number of aromatic amines is 1. The molecule has 0 aliphatic carbocycles. The van der Waals surface area contributed by atoms with Gasteiger partial charge in [-0.2, -0.15) is 0 Å². The normalized spacial score (nSPS) is 11.3. The molecule has 0 amide bonds. The SMILES string of the molecule is Fc1cc2c(cc1Cl)[nH]c(=S)n2-c1cc(F)c(Br)cc1F. The molecule has 3 aromatic rings. The van der Waals surface area contributed by atoms with Gasteiger partial charge in [-0.25, -0.2) is 13.2 Å². The maximum absolute atomic E-state index is 14.1. The first-order valence-corrected chi connectivity index (χ1v) is 7.21. The minimum Gasteiger partial charge on any atom is -0.330 e. The van der Waals surface area contributed by atoms with Crippen LogP contribution >= 0.6 is 39.7 Å². The molecule has 1 N–H and O–H groups in total. The maximum atomic E-state index is 14.1. The number of halogens is 5. The van der Waals surface area contributed by atoms with Crippen LogP contribution in [0.5, 0.6) is 0 Å². The summed E-state index contributed by atoms with van der Waals surface area (Å²) in [7, 11) is 0. The van der Waals surface area contributed by atoms with E-state index in [1.165, 1.54) is 10.6 Å². The van der Waals surface area contributed by atoms with E-state index in [1.807, 2.05) is 0 Å². The molecule has 0 spiro atoms. The summed E-state index contributed by atoms with van der Waals surface area (Å²) < 4.78 is 42.7. The highest BCUT2D eigenvalue weighted by Crippen LogP contribution is 2.28. The molecule has 0 aliphatic heterocycles. The second kappa shape index (κ2) is 5.15. The first-order valence-electron chi connectivity index (χ1n) is 5.63. The van der Waals surface area contributed by atoms with E-state index in [9.17, 15) is 13.2 Å². The van der Waals surface area contributed by atoms with Gasteiger partial charge in [-0.05, 0) is 40.3 Å². The van der Waals surface area contributed by atoms with Crippen molar-refractivity contribution in [2.75, 3.05) is 0 Å². The predicted octanol–water partition coefficient (Wildman–Crippen LogP) is 5.52. The molecule has 2 aromatic carbocycles. The van der Waals surface area contributed by atoms with Crippen molar-refractivity contribution in [3.05, 3.63) is 56.0 Å². The van der Waals surface area contributed by atoms with Gasteiger partial charge in [-0.1, -0.05) is 11.6 Å². The number of hydrogen-bond acceptors (Lipinski definition) is 1. The average Bonchev–Trinajstić information content (AvgIpc) is 2.70. The number of benzene rings is 2. The van der Waals surface area contributed by atoms with E-state index in [1.54, 1.807) is 0 Å². The van der Waals surface area contributed by atoms with Crippen LogP contribution in [0.15, 0.2) is 28.7 Å². The fourth-order valence-electron chi connectivity index (χ4n) is 2.02. The molecule has 108 valence electrons. The Morgan fingerprint density at radius 1 is 1.05 bits per heavy atom. The third kappa shape index (κ3) is 2.39. The van der Waals surface area contributed by atoms with Crippen LogP contribution in [-0.2, 0) is 0 Å². The Kier molecular flexibility index (Phi) is 3.59. The van der Waals surface area contributed by atoms with Gasteiger partial charge in [-0.3, -0.25) is 4.57 Å². The van der Waals surface area contributed by atoms with Crippen LogP contribution in [0.2, 0.25) is 5.02 Å². The quantitative estimate of drug-likeness (QED) is 0.426.